The fourth-order valence-electron chi connectivity index (χ4n) is 2.64. The maximum absolute atomic E-state index is 2.33. The third-order valence-corrected chi connectivity index (χ3v) is 3.94. The summed E-state index contributed by atoms with van der Waals surface area (Å²) in [5.41, 5.74) is 0. The Hall–Kier alpha value is 1.22. The van der Waals surface area contributed by atoms with Gasteiger partial charge in [0.15, 0.2) is 0 Å². The van der Waals surface area contributed by atoms with Gasteiger partial charge in [-0.2, -0.15) is 0 Å². The number of unbranched alkanes of at least 4 members (excludes halogenated alkanes) is 4. The van der Waals surface area contributed by atoms with E-state index in [2.05, 4.69) is 27.7 Å². The average molecular weight is 282 g/mol. The van der Waals surface area contributed by atoms with Crippen molar-refractivity contribution in [1.82, 2.24) is 0 Å². The average Bonchev–Trinajstić information content (AvgIpc) is 2.37. The van der Waals surface area contributed by atoms with Gasteiger partial charge in [0.25, 0.3) is 0 Å². The second-order valence-corrected chi connectivity index (χ2v) is 5.65. The first-order chi connectivity index (χ1) is 8.24. The van der Waals surface area contributed by atoms with Crippen LogP contribution < -0.4 is 0 Å². The SMILES string of the molecule is CCCC[N+](CCCC)(CCCC)CCCC.[Ar]. The van der Waals surface area contributed by atoms with Gasteiger partial charge >= 0.3 is 0 Å². The second-order valence-electron chi connectivity index (χ2n) is 5.65. The fraction of sp³-hybridized carbons (Fsp3) is 1.00. The Labute approximate surface area is 146 Å². The fourth-order valence-corrected chi connectivity index (χ4v) is 2.64. The van der Waals surface area contributed by atoms with E-state index in [0.717, 1.165) is 0 Å². The van der Waals surface area contributed by atoms with Crippen molar-refractivity contribution >= 4 is 0 Å². The largest absolute Gasteiger partial charge is 0.324 e. The Morgan fingerprint density at radius 1 is 0.500 bits per heavy atom. The molecule has 0 saturated heterocycles. The summed E-state index contributed by atoms with van der Waals surface area (Å²) < 4.78 is 1.42. The Morgan fingerprint density at radius 2 is 0.722 bits per heavy atom. The van der Waals surface area contributed by atoms with E-state index in [4.69, 9.17) is 0 Å². The van der Waals surface area contributed by atoms with Gasteiger partial charge in [0.2, 0.25) is 0 Å². The van der Waals surface area contributed by atoms with Gasteiger partial charge in [-0.15, -0.1) is 0 Å². The first kappa shape index (κ1) is 21.5. The van der Waals surface area contributed by atoms with E-state index in [0.29, 0.717) is 0 Å². The van der Waals surface area contributed by atoms with Crippen molar-refractivity contribution in [2.24, 2.45) is 0 Å². The van der Waals surface area contributed by atoms with Crippen molar-refractivity contribution in [2.45, 2.75) is 79.1 Å². The standard InChI is InChI=1S/C16H36N.Ar/c1-5-9-13-17(14-10-6-2,15-11-7-3)16-12-8-4;/h5-16H2,1-4H3;/q+1;. The van der Waals surface area contributed by atoms with Gasteiger partial charge in [-0.05, 0) is 25.7 Å². The summed E-state index contributed by atoms with van der Waals surface area (Å²) in [7, 11) is 0. The molecular formula is C16H36ArN+. The summed E-state index contributed by atoms with van der Waals surface area (Å²) in [4.78, 5) is 0. The predicted molar refractivity (Wildman–Crippen MR) is 79.4 cm³/mol. The molecule has 0 unspecified atom stereocenters. The van der Waals surface area contributed by atoms with Crippen LogP contribution in [0.5, 0.6) is 0 Å². The van der Waals surface area contributed by atoms with E-state index in [9.17, 15) is 0 Å². The Bertz CT molecular complexity index is 122. The molecule has 0 spiro atoms. The van der Waals surface area contributed by atoms with Crippen molar-refractivity contribution in [2.75, 3.05) is 26.2 Å². The zero-order chi connectivity index (χ0) is 13.0. The van der Waals surface area contributed by atoms with Crippen LogP contribution in [0.15, 0.2) is 0 Å². The van der Waals surface area contributed by atoms with Crippen LogP contribution in [-0.4, -0.2) is 30.7 Å². The number of rotatable bonds is 12. The zero-order valence-corrected chi connectivity index (χ0v) is 14.0. The predicted octanol–water partition coefficient (Wildman–Crippen LogP) is 5.00. The van der Waals surface area contributed by atoms with Gasteiger partial charge in [-0.1, -0.05) is 53.4 Å². The van der Waals surface area contributed by atoms with E-state index >= 15 is 0 Å². The smallest absolute Gasteiger partial charge is 0.0786 e. The molecule has 0 aromatic carbocycles. The van der Waals surface area contributed by atoms with Crippen LogP contribution in [0.3, 0.4) is 0 Å². The topological polar surface area (TPSA) is 0 Å². The van der Waals surface area contributed by atoms with Crippen LogP contribution in [0, 0.1) is 37.7 Å². The van der Waals surface area contributed by atoms with Gasteiger partial charge < -0.3 is 4.48 Å². The van der Waals surface area contributed by atoms with E-state index in [1.54, 1.807) is 0 Å². The number of nitrogens with zero attached hydrogens (tertiary/aromatic N) is 1. The molecule has 1 nitrogen and oxygen atoms in total. The molecule has 0 atom stereocenters. The van der Waals surface area contributed by atoms with Gasteiger partial charge in [0.1, 0.15) is 0 Å². The van der Waals surface area contributed by atoms with Crippen LogP contribution in [0.2, 0.25) is 0 Å². The van der Waals surface area contributed by atoms with Crippen molar-refractivity contribution in [3.05, 3.63) is 0 Å². The summed E-state index contributed by atoms with van der Waals surface area (Å²) in [6, 6.07) is 0. The Balaban J connectivity index is 0. The molecule has 0 N–H and O–H groups in total. The molecule has 0 aromatic heterocycles. The van der Waals surface area contributed by atoms with Gasteiger partial charge in [0.05, 0.1) is 26.2 Å². The third-order valence-electron chi connectivity index (χ3n) is 3.94. The van der Waals surface area contributed by atoms with Crippen molar-refractivity contribution < 1.29 is 42.2 Å². The Morgan fingerprint density at radius 3 is 0.889 bits per heavy atom. The Kier molecular flexibility index (Phi) is 17.5. The van der Waals surface area contributed by atoms with Crippen LogP contribution in [0.25, 0.3) is 0 Å². The summed E-state index contributed by atoms with van der Waals surface area (Å²) in [5.74, 6) is 0. The van der Waals surface area contributed by atoms with Gasteiger partial charge in [-0.25, -0.2) is 0 Å². The molecule has 0 aliphatic rings. The summed E-state index contributed by atoms with van der Waals surface area (Å²) in [6.07, 6.45) is 11.1. The molecule has 0 heterocycles. The molecule has 0 aliphatic heterocycles. The van der Waals surface area contributed by atoms with Gasteiger partial charge in [-0.3, -0.25) is 0 Å². The van der Waals surface area contributed by atoms with Crippen molar-refractivity contribution in [3.63, 3.8) is 0 Å². The van der Waals surface area contributed by atoms with Crippen LogP contribution in [0.1, 0.15) is 79.1 Å². The first-order valence-corrected chi connectivity index (χ1v) is 8.09. The molecule has 0 fully saturated rings. The van der Waals surface area contributed by atoms with Crippen LogP contribution >= 0.6 is 0 Å². The van der Waals surface area contributed by atoms with Crippen LogP contribution in [-0.2, 0) is 0 Å². The monoisotopic (exact) mass is 282 g/mol. The molecular weight excluding hydrogens is 246 g/mol. The molecule has 0 radical (unpaired) electrons. The minimum Gasteiger partial charge on any atom is -0.324 e. The molecule has 0 aromatic rings. The molecule has 0 aliphatic carbocycles. The summed E-state index contributed by atoms with van der Waals surface area (Å²) in [6.45, 7) is 15.0. The minimum atomic E-state index is 0. The van der Waals surface area contributed by atoms with E-state index in [1.807, 2.05) is 0 Å². The van der Waals surface area contributed by atoms with Gasteiger partial charge in [0, 0.05) is 37.7 Å². The summed E-state index contributed by atoms with van der Waals surface area (Å²) >= 11 is 0. The second kappa shape index (κ2) is 14.6. The number of hydrogen-bond donors (Lipinski definition) is 0. The minimum absolute atomic E-state index is 0. The third kappa shape index (κ3) is 10.1. The quantitative estimate of drug-likeness (QED) is 0.442. The molecule has 2 heteroatoms. The van der Waals surface area contributed by atoms with Crippen LogP contribution in [0.4, 0.5) is 0 Å². The molecule has 0 saturated carbocycles. The normalized spacial score (nSPS) is 11.3. The molecule has 112 valence electrons. The molecule has 0 bridgehead atoms. The van der Waals surface area contributed by atoms with E-state index in [1.165, 1.54) is 82.0 Å². The number of quaternary nitrogens is 1. The molecule has 0 amide bonds. The van der Waals surface area contributed by atoms with E-state index in [-0.39, 0.29) is 37.7 Å². The zero-order valence-electron chi connectivity index (χ0n) is 13.3. The summed E-state index contributed by atoms with van der Waals surface area (Å²) in [5, 5.41) is 0. The van der Waals surface area contributed by atoms with E-state index < -0.39 is 0 Å². The van der Waals surface area contributed by atoms with Crippen molar-refractivity contribution in [3.8, 4) is 0 Å². The molecule has 0 rings (SSSR count). The van der Waals surface area contributed by atoms with Crippen molar-refractivity contribution in [1.29, 1.82) is 0 Å². The first-order valence-electron chi connectivity index (χ1n) is 8.09. The maximum Gasteiger partial charge on any atom is 0.0786 e. The number of hydrogen-bond acceptors (Lipinski definition) is 0. The molecule has 18 heavy (non-hydrogen) atoms. The maximum atomic E-state index is 2.33.